The first-order valence-electron chi connectivity index (χ1n) is 5.94. The van der Waals surface area contributed by atoms with Gasteiger partial charge in [0.2, 0.25) is 0 Å². The Bertz CT molecular complexity index is 574. The van der Waals surface area contributed by atoms with E-state index in [-0.39, 0.29) is 5.69 Å². The molecule has 1 aromatic heterocycles. The van der Waals surface area contributed by atoms with Gasteiger partial charge in [0.05, 0.1) is 0 Å². The Labute approximate surface area is 118 Å². The van der Waals surface area contributed by atoms with Crippen LogP contribution in [0.4, 0.5) is 5.69 Å². The Morgan fingerprint density at radius 2 is 2.00 bits per heavy atom. The maximum Gasteiger partial charge on any atom is 0.328 e. The zero-order valence-corrected chi connectivity index (χ0v) is 12.1. The standard InChI is InChI=1S/C8H10.C5H7N3O2.CH5N/c1-3-5-7-8-6-4-2;1-8-4(9)3(6)2-7-5(8)10;1-2/h1,5-8H,4H2,2H3;2H,6H2,1H3,(H,7,10);2H2,1H3/b7-5-,8-6-;;. The highest BCUT2D eigenvalue weighted by Gasteiger charge is 1.96. The van der Waals surface area contributed by atoms with Gasteiger partial charge in [-0.25, -0.2) is 4.79 Å². The second-order valence-corrected chi connectivity index (χ2v) is 3.28. The third kappa shape index (κ3) is 8.55. The molecular formula is C14H22N4O2. The molecule has 0 amide bonds. The van der Waals surface area contributed by atoms with Crippen LogP contribution in [0, 0.1) is 12.3 Å². The van der Waals surface area contributed by atoms with Gasteiger partial charge in [0.15, 0.2) is 0 Å². The summed E-state index contributed by atoms with van der Waals surface area (Å²) in [6.45, 7) is 2.08. The third-order valence-electron chi connectivity index (χ3n) is 1.88. The lowest BCUT2D eigenvalue weighted by molar-refractivity contribution is 0.779. The molecule has 0 spiro atoms. The molecule has 0 unspecified atom stereocenters. The number of terminal acetylenes is 1. The molecular weight excluding hydrogens is 256 g/mol. The van der Waals surface area contributed by atoms with E-state index in [0.29, 0.717) is 0 Å². The fourth-order valence-electron chi connectivity index (χ4n) is 0.910. The molecule has 0 radical (unpaired) electrons. The zero-order valence-electron chi connectivity index (χ0n) is 12.1. The van der Waals surface area contributed by atoms with Crippen LogP contribution in [0.5, 0.6) is 0 Å². The number of hydrogen-bond donors (Lipinski definition) is 3. The Kier molecular flexibility index (Phi) is 12.8. The zero-order chi connectivity index (χ0) is 16.0. The van der Waals surface area contributed by atoms with Crippen molar-refractivity contribution < 1.29 is 0 Å². The monoisotopic (exact) mass is 278 g/mol. The van der Waals surface area contributed by atoms with Gasteiger partial charge in [-0.3, -0.25) is 9.36 Å². The minimum absolute atomic E-state index is 0.0436. The van der Waals surface area contributed by atoms with Gasteiger partial charge in [0.1, 0.15) is 5.69 Å². The number of nitrogens with two attached hydrogens (primary N) is 2. The van der Waals surface area contributed by atoms with Gasteiger partial charge in [-0.2, -0.15) is 0 Å². The summed E-state index contributed by atoms with van der Waals surface area (Å²) in [5, 5.41) is 0. The lowest BCUT2D eigenvalue weighted by Crippen LogP contribution is -2.33. The molecule has 0 aliphatic rings. The van der Waals surface area contributed by atoms with Crippen LogP contribution in [0.1, 0.15) is 13.3 Å². The topological polar surface area (TPSA) is 107 Å². The van der Waals surface area contributed by atoms with E-state index >= 15 is 0 Å². The quantitative estimate of drug-likeness (QED) is 0.536. The van der Waals surface area contributed by atoms with E-state index in [1.807, 2.05) is 18.2 Å². The van der Waals surface area contributed by atoms with Gasteiger partial charge in [-0.15, -0.1) is 6.42 Å². The molecule has 0 fully saturated rings. The van der Waals surface area contributed by atoms with Gasteiger partial charge < -0.3 is 16.5 Å². The van der Waals surface area contributed by atoms with Gasteiger partial charge in [-0.05, 0) is 19.5 Å². The van der Waals surface area contributed by atoms with Gasteiger partial charge >= 0.3 is 5.69 Å². The molecule has 1 rings (SSSR count). The third-order valence-corrected chi connectivity index (χ3v) is 1.88. The van der Waals surface area contributed by atoms with Crippen molar-refractivity contribution in [2.75, 3.05) is 12.8 Å². The predicted octanol–water partition coefficient (Wildman–Crippen LogP) is 0.373. The first-order valence-corrected chi connectivity index (χ1v) is 5.94. The van der Waals surface area contributed by atoms with E-state index in [0.717, 1.165) is 11.0 Å². The second-order valence-electron chi connectivity index (χ2n) is 3.28. The van der Waals surface area contributed by atoms with Crippen LogP contribution < -0.4 is 22.7 Å². The average molecular weight is 278 g/mol. The first kappa shape index (κ1) is 19.8. The van der Waals surface area contributed by atoms with E-state index in [4.69, 9.17) is 12.2 Å². The summed E-state index contributed by atoms with van der Waals surface area (Å²) in [4.78, 5) is 23.7. The number of aromatic nitrogens is 2. The fourth-order valence-corrected chi connectivity index (χ4v) is 0.910. The number of nitrogen functional groups attached to an aromatic ring is 1. The number of nitrogens with one attached hydrogen (secondary N) is 1. The molecule has 0 aliphatic heterocycles. The number of allylic oxidation sites excluding steroid dienone is 4. The summed E-state index contributed by atoms with van der Waals surface area (Å²) in [5.74, 6) is 2.39. The predicted molar refractivity (Wildman–Crippen MR) is 84.2 cm³/mol. The molecule has 110 valence electrons. The highest BCUT2D eigenvalue weighted by Crippen LogP contribution is 1.80. The van der Waals surface area contributed by atoms with Crippen LogP contribution in [-0.2, 0) is 7.05 Å². The Hall–Kier alpha value is -2.52. The van der Waals surface area contributed by atoms with E-state index in [1.54, 1.807) is 6.08 Å². The number of nitrogens with zero attached hydrogens (tertiary/aromatic N) is 1. The van der Waals surface area contributed by atoms with Crippen LogP contribution in [-0.4, -0.2) is 16.6 Å². The summed E-state index contributed by atoms with van der Waals surface area (Å²) in [6, 6.07) is 0. The van der Waals surface area contributed by atoms with E-state index in [1.165, 1.54) is 20.3 Å². The number of H-pyrrole nitrogens is 1. The maximum absolute atomic E-state index is 10.8. The fraction of sp³-hybridized carbons (Fsp3) is 0.286. The maximum atomic E-state index is 10.8. The van der Waals surface area contributed by atoms with Crippen molar-refractivity contribution in [1.82, 2.24) is 9.55 Å². The van der Waals surface area contributed by atoms with Gasteiger partial charge in [0.25, 0.3) is 5.56 Å². The van der Waals surface area contributed by atoms with Crippen LogP contribution in [0.15, 0.2) is 40.1 Å². The number of anilines is 1. The smallest absolute Gasteiger partial charge is 0.328 e. The summed E-state index contributed by atoms with van der Waals surface area (Å²) < 4.78 is 0.912. The molecule has 20 heavy (non-hydrogen) atoms. The van der Waals surface area contributed by atoms with Crippen LogP contribution in [0.25, 0.3) is 0 Å². The molecule has 0 aliphatic carbocycles. The summed E-state index contributed by atoms with van der Waals surface area (Å²) in [5.41, 5.74) is 8.80. The molecule has 5 N–H and O–H groups in total. The van der Waals surface area contributed by atoms with Crippen LogP contribution in [0.2, 0.25) is 0 Å². The van der Waals surface area contributed by atoms with Crippen molar-refractivity contribution in [3.8, 4) is 12.3 Å². The highest BCUT2D eigenvalue weighted by atomic mass is 16.2. The molecule has 0 saturated heterocycles. The number of rotatable bonds is 2. The van der Waals surface area contributed by atoms with Gasteiger partial charge in [-0.1, -0.05) is 31.1 Å². The van der Waals surface area contributed by atoms with Crippen molar-refractivity contribution in [1.29, 1.82) is 0 Å². The van der Waals surface area contributed by atoms with Crippen LogP contribution >= 0.6 is 0 Å². The van der Waals surface area contributed by atoms with Crippen molar-refractivity contribution >= 4 is 5.69 Å². The number of aromatic amines is 1. The minimum Gasteiger partial charge on any atom is -0.393 e. The van der Waals surface area contributed by atoms with E-state index in [2.05, 4.69) is 23.6 Å². The highest BCUT2D eigenvalue weighted by molar-refractivity contribution is 5.29. The number of hydrogen-bond acceptors (Lipinski definition) is 4. The second kappa shape index (κ2) is 12.9. The molecule has 0 atom stereocenters. The van der Waals surface area contributed by atoms with E-state index < -0.39 is 11.2 Å². The lowest BCUT2D eigenvalue weighted by atomic mass is 10.4. The Morgan fingerprint density at radius 1 is 1.40 bits per heavy atom. The average Bonchev–Trinajstić information content (AvgIpc) is 2.48. The molecule has 1 aromatic rings. The van der Waals surface area contributed by atoms with Crippen molar-refractivity contribution in [3.63, 3.8) is 0 Å². The lowest BCUT2D eigenvalue weighted by Gasteiger charge is -1.94. The van der Waals surface area contributed by atoms with Crippen LogP contribution in [0.3, 0.4) is 0 Å². The van der Waals surface area contributed by atoms with Crippen molar-refractivity contribution in [2.45, 2.75) is 13.3 Å². The van der Waals surface area contributed by atoms with Crippen molar-refractivity contribution in [2.24, 2.45) is 12.8 Å². The molecule has 0 saturated carbocycles. The molecule has 0 aromatic carbocycles. The Balaban J connectivity index is 0. The Morgan fingerprint density at radius 3 is 2.45 bits per heavy atom. The minimum atomic E-state index is -0.469. The molecule has 6 nitrogen and oxygen atoms in total. The summed E-state index contributed by atoms with van der Waals surface area (Å²) in [7, 11) is 2.86. The normalized spacial score (nSPS) is 9.35. The largest absolute Gasteiger partial charge is 0.393 e. The SMILES string of the molecule is C#C/C=C\C=C/CC.CN.Cn1c(=O)[nH]cc(N)c1=O. The molecule has 6 heteroatoms. The molecule has 1 heterocycles. The van der Waals surface area contributed by atoms with Crippen molar-refractivity contribution in [3.05, 3.63) is 51.3 Å². The summed E-state index contributed by atoms with van der Waals surface area (Å²) >= 11 is 0. The van der Waals surface area contributed by atoms with E-state index in [9.17, 15) is 9.59 Å². The summed E-state index contributed by atoms with van der Waals surface area (Å²) in [6.07, 6.45) is 14.7. The molecule has 0 bridgehead atoms. The first-order chi connectivity index (χ1) is 9.54. The van der Waals surface area contributed by atoms with Gasteiger partial charge in [0, 0.05) is 13.2 Å².